The molecular formula is C22H41N5O7. The van der Waals surface area contributed by atoms with Gasteiger partial charge in [0.2, 0.25) is 17.7 Å². The summed E-state index contributed by atoms with van der Waals surface area (Å²) < 4.78 is 0. The van der Waals surface area contributed by atoms with Crippen LogP contribution in [0, 0.1) is 11.8 Å². The van der Waals surface area contributed by atoms with Gasteiger partial charge in [0.05, 0.1) is 6.04 Å². The molecule has 0 saturated heterocycles. The van der Waals surface area contributed by atoms with Crippen LogP contribution in [0.5, 0.6) is 0 Å². The van der Waals surface area contributed by atoms with E-state index in [1.165, 1.54) is 0 Å². The van der Waals surface area contributed by atoms with E-state index >= 15 is 0 Å². The number of carboxylic acids is 2. The van der Waals surface area contributed by atoms with Crippen molar-refractivity contribution in [3.63, 3.8) is 0 Å². The Morgan fingerprint density at radius 1 is 0.824 bits per heavy atom. The normalized spacial score (nSPS) is 15.5. The second-order valence-electron chi connectivity index (χ2n) is 8.82. The first-order valence-corrected chi connectivity index (χ1v) is 11.7. The zero-order chi connectivity index (χ0) is 26.4. The largest absolute Gasteiger partial charge is 0.481 e. The molecule has 12 heteroatoms. The molecule has 0 fully saturated rings. The predicted molar refractivity (Wildman–Crippen MR) is 125 cm³/mol. The molecule has 34 heavy (non-hydrogen) atoms. The SMILES string of the molecule is CCC(C)C(NC(=O)C(CCC(=O)O)NC(=O)C(NC(=O)C(N)CCCCN)C(C)C)C(=O)O. The van der Waals surface area contributed by atoms with E-state index in [1.807, 2.05) is 0 Å². The van der Waals surface area contributed by atoms with Crippen LogP contribution in [0.4, 0.5) is 0 Å². The van der Waals surface area contributed by atoms with Crippen LogP contribution in [0.2, 0.25) is 0 Å². The molecule has 3 amide bonds. The lowest BCUT2D eigenvalue weighted by atomic mass is 9.98. The summed E-state index contributed by atoms with van der Waals surface area (Å²) in [5.74, 6) is -5.20. The number of nitrogens with one attached hydrogen (secondary N) is 3. The monoisotopic (exact) mass is 487 g/mol. The van der Waals surface area contributed by atoms with Crippen LogP contribution >= 0.6 is 0 Å². The van der Waals surface area contributed by atoms with E-state index in [0.29, 0.717) is 32.2 Å². The number of rotatable bonds is 17. The number of hydrogen-bond donors (Lipinski definition) is 7. The third-order valence-corrected chi connectivity index (χ3v) is 5.61. The minimum absolute atomic E-state index is 0.253. The van der Waals surface area contributed by atoms with E-state index in [0.717, 1.165) is 0 Å². The highest BCUT2D eigenvalue weighted by molar-refractivity contribution is 5.94. The minimum atomic E-state index is -1.30. The molecule has 0 rings (SSSR count). The molecule has 0 aliphatic heterocycles. The Hall–Kier alpha value is -2.73. The zero-order valence-electron chi connectivity index (χ0n) is 20.5. The number of carbonyl (C=O) groups is 5. The maximum Gasteiger partial charge on any atom is 0.326 e. The van der Waals surface area contributed by atoms with Gasteiger partial charge in [-0.3, -0.25) is 19.2 Å². The number of carbonyl (C=O) groups excluding carboxylic acids is 3. The smallest absolute Gasteiger partial charge is 0.326 e. The predicted octanol–water partition coefficient (Wildman–Crippen LogP) is -0.451. The third-order valence-electron chi connectivity index (χ3n) is 5.61. The Balaban J connectivity index is 5.46. The number of nitrogens with two attached hydrogens (primary N) is 2. The quantitative estimate of drug-likeness (QED) is 0.132. The first kappa shape index (κ1) is 31.3. The van der Waals surface area contributed by atoms with Gasteiger partial charge in [0.1, 0.15) is 18.1 Å². The lowest BCUT2D eigenvalue weighted by Gasteiger charge is -2.27. The molecule has 0 radical (unpaired) electrons. The second kappa shape index (κ2) is 16.0. The Labute approximate surface area is 200 Å². The summed E-state index contributed by atoms with van der Waals surface area (Å²) in [5.41, 5.74) is 11.3. The highest BCUT2D eigenvalue weighted by atomic mass is 16.4. The number of unbranched alkanes of at least 4 members (excludes halogenated alkanes) is 1. The van der Waals surface area contributed by atoms with Gasteiger partial charge in [0.15, 0.2) is 0 Å². The summed E-state index contributed by atoms with van der Waals surface area (Å²) in [6, 6.07) is -4.36. The molecule has 5 unspecified atom stereocenters. The molecular weight excluding hydrogens is 446 g/mol. The van der Waals surface area contributed by atoms with Crippen molar-refractivity contribution in [2.45, 2.75) is 90.4 Å². The number of aliphatic carboxylic acids is 2. The molecule has 0 aliphatic rings. The van der Waals surface area contributed by atoms with E-state index in [-0.39, 0.29) is 18.3 Å². The van der Waals surface area contributed by atoms with Gasteiger partial charge in [-0.15, -0.1) is 0 Å². The van der Waals surface area contributed by atoms with Gasteiger partial charge in [-0.25, -0.2) is 4.79 Å². The van der Waals surface area contributed by atoms with E-state index in [9.17, 15) is 29.1 Å². The Morgan fingerprint density at radius 2 is 1.41 bits per heavy atom. The van der Waals surface area contributed by atoms with Crippen LogP contribution in [0.3, 0.4) is 0 Å². The van der Waals surface area contributed by atoms with Crippen LogP contribution in [0.15, 0.2) is 0 Å². The van der Waals surface area contributed by atoms with E-state index in [4.69, 9.17) is 16.6 Å². The lowest BCUT2D eigenvalue weighted by molar-refractivity contribution is -0.144. The molecule has 0 aromatic heterocycles. The fourth-order valence-corrected chi connectivity index (χ4v) is 3.17. The summed E-state index contributed by atoms with van der Waals surface area (Å²) in [7, 11) is 0. The van der Waals surface area contributed by atoms with Crippen molar-refractivity contribution < 1.29 is 34.2 Å². The number of carboxylic acid groups (broad SMARTS) is 2. The Morgan fingerprint density at radius 3 is 1.88 bits per heavy atom. The van der Waals surface area contributed by atoms with Gasteiger partial charge in [0, 0.05) is 6.42 Å². The van der Waals surface area contributed by atoms with Crippen LogP contribution in [0.1, 0.15) is 66.2 Å². The molecule has 0 spiro atoms. The highest BCUT2D eigenvalue weighted by Crippen LogP contribution is 2.10. The van der Waals surface area contributed by atoms with Gasteiger partial charge in [-0.1, -0.05) is 40.5 Å². The van der Waals surface area contributed by atoms with Crippen molar-refractivity contribution in [1.29, 1.82) is 0 Å². The van der Waals surface area contributed by atoms with Crippen molar-refractivity contribution in [1.82, 2.24) is 16.0 Å². The summed E-state index contributed by atoms with van der Waals surface area (Å²) in [4.78, 5) is 60.8. The minimum Gasteiger partial charge on any atom is -0.481 e. The summed E-state index contributed by atoms with van der Waals surface area (Å²) in [5, 5.41) is 25.9. The van der Waals surface area contributed by atoms with Crippen LogP contribution in [0.25, 0.3) is 0 Å². The molecule has 12 nitrogen and oxygen atoms in total. The first-order valence-electron chi connectivity index (χ1n) is 11.7. The maximum absolute atomic E-state index is 12.9. The van der Waals surface area contributed by atoms with Gasteiger partial charge in [-0.2, -0.15) is 0 Å². The molecule has 0 bridgehead atoms. The molecule has 9 N–H and O–H groups in total. The van der Waals surface area contributed by atoms with Crippen molar-refractivity contribution in [3.05, 3.63) is 0 Å². The van der Waals surface area contributed by atoms with Crippen molar-refractivity contribution in [2.75, 3.05) is 6.54 Å². The van der Waals surface area contributed by atoms with Crippen LogP contribution < -0.4 is 27.4 Å². The van der Waals surface area contributed by atoms with E-state index < -0.39 is 60.2 Å². The highest BCUT2D eigenvalue weighted by Gasteiger charge is 2.33. The number of hydrogen-bond acceptors (Lipinski definition) is 7. The lowest BCUT2D eigenvalue weighted by Crippen LogP contribution is -2.58. The summed E-state index contributed by atoms with van der Waals surface area (Å²) in [6.45, 7) is 7.30. The van der Waals surface area contributed by atoms with Crippen molar-refractivity contribution >= 4 is 29.7 Å². The molecule has 0 heterocycles. The molecule has 0 aromatic rings. The van der Waals surface area contributed by atoms with Crippen LogP contribution in [-0.2, 0) is 24.0 Å². The third kappa shape index (κ3) is 11.4. The summed E-state index contributed by atoms with van der Waals surface area (Å²) in [6.07, 6.45) is 1.56. The molecule has 0 aliphatic carbocycles. The first-order chi connectivity index (χ1) is 15.8. The average molecular weight is 488 g/mol. The topological polar surface area (TPSA) is 214 Å². The molecule has 196 valence electrons. The summed E-state index contributed by atoms with van der Waals surface area (Å²) >= 11 is 0. The fourth-order valence-electron chi connectivity index (χ4n) is 3.17. The van der Waals surface area contributed by atoms with Gasteiger partial charge in [0.25, 0.3) is 0 Å². The average Bonchev–Trinajstić information content (AvgIpc) is 2.76. The van der Waals surface area contributed by atoms with Crippen LogP contribution in [-0.4, -0.2) is 70.6 Å². The Kier molecular flexibility index (Phi) is 14.7. The van der Waals surface area contributed by atoms with E-state index in [1.54, 1.807) is 27.7 Å². The molecule has 0 saturated carbocycles. The zero-order valence-corrected chi connectivity index (χ0v) is 20.5. The van der Waals surface area contributed by atoms with Crippen molar-refractivity contribution in [2.24, 2.45) is 23.3 Å². The fraction of sp³-hybridized carbons (Fsp3) is 0.773. The number of amides is 3. The molecule has 0 aromatic carbocycles. The van der Waals surface area contributed by atoms with Gasteiger partial charge >= 0.3 is 11.9 Å². The molecule has 5 atom stereocenters. The maximum atomic E-state index is 12.9. The standard InChI is InChI=1S/C22H41N5O7/c1-5-13(4)18(22(33)34)27-20(31)15(9-10-16(28)29)25-21(32)17(12(2)3)26-19(30)14(24)8-6-7-11-23/h12-15,17-18H,5-11,23-24H2,1-4H3,(H,25,32)(H,26,30)(H,27,31)(H,28,29)(H,33,34). The van der Waals surface area contributed by atoms with Gasteiger partial charge < -0.3 is 37.6 Å². The van der Waals surface area contributed by atoms with E-state index in [2.05, 4.69) is 16.0 Å². The van der Waals surface area contributed by atoms with Crippen molar-refractivity contribution in [3.8, 4) is 0 Å². The Bertz CT molecular complexity index is 701. The van der Waals surface area contributed by atoms with Gasteiger partial charge in [-0.05, 0) is 37.6 Å². The second-order valence-corrected chi connectivity index (χ2v) is 8.82.